The summed E-state index contributed by atoms with van der Waals surface area (Å²) in [6.07, 6.45) is 0. The minimum atomic E-state index is -0.153. The van der Waals surface area contributed by atoms with Gasteiger partial charge in [-0.15, -0.1) is 0 Å². The predicted molar refractivity (Wildman–Crippen MR) is 40.6 cm³/mol. The Bertz CT molecular complexity index is 338. The lowest BCUT2D eigenvalue weighted by molar-refractivity contribution is -0.118. The van der Waals surface area contributed by atoms with E-state index < -0.39 is 0 Å². The molecule has 0 radical (unpaired) electrons. The second kappa shape index (κ2) is 2.27. The highest BCUT2D eigenvalue weighted by Gasteiger charge is 2.13. The van der Waals surface area contributed by atoms with E-state index >= 15 is 0 Å². The van der Waals surface area contributed by atoms with Crippen LogP contribution in [0.3, 0.4) is 0 Å². The molecule has 0 aliphatic carbocycles. The van der Waals surface area contributed by atoms with Gasteiger partial charge in [0.15, 0.2) is 6.61 Å². The number of rotatable bonds is 0. The summed E-state index contributed by atoms with van der Waals surface area (Å²) >= 11 is 0. The van der Waals surface area contributed by atoms with Crippen LogP contribution in [0.1, 0.15) is 1.37 Å². The van der Waals surface area contributed by atoms with Crippen molar-refractivity contribution in [2.24, 2.45) is 0 Å². The Morgan fingerprint density at radius 1 is 1.64 bits per heavy atom. The van der Waals surface area contributed by atoms with Gasteiger partial charge in [-0.05, 0) is 12.1 Å². The summed E-state index contributed by atoms with van der Waals surface area (Å²) in [5.74, 6) is 0.419. The van der Waals surface area contributed by atoms with Gasteiger partial charge in [-0.1, -0.05) is 12.1 Å². The fourth-order valence-electron chi connectivity index (χ4n) is 0.967. The molecule has 3 heteroatoms. The van der Waals surface area contributed by atoms with Crippen molar-refractivity contribution >= 4 is 11.6 Å². The van der Waals surface area contributed by atoms with E-state index in [1.54, 1.807) is 18.2 Å². The quantitative estimate of drug-likeness (QED) is 0.599. The highest BCUT2D eigenvalue weighted by Crippen LogP contribution is 2.25. The Balaban J connectivity index is 2.43. The van der Waals surface area contributed by atoms with Crippen LogP contribution in [-0.2, 0) is 4.79 Å². The Morgan fingerprint density at radius 2 is 2.55 bits per heavy atom. The van der Waals surface area contributed by atoms with E-state index in [1.165, 1.54) is 0 Å². The number of para-hydroxylation sites is 2. The van der Waals surface area contributed by atoms with E-state index in [0.29, 0.717) is 17.5 Å². The molecular formula is C8H7NO2. The van der Waals surface area contributed by atoms with Crippen LogP contribution in [0.25, 0.3) is 0 Å². The van der Waals surface area contributed by atoms with Crippen molar-refractivity contribution in [1.29, 1.82) is 0 Å². The third-order valence-electron chi connectivity index (χ3n) is 1.46. The summed E-state index contributed by atoms with van der Waals surface area (Å²) < 4.78 is 12.4. The molecule has 0 spiro atoms. The number of anilines is 1. The van der Waals surface area contributed by atoms with Crippen molar-refractivity contribution < 1.29 is 10.9 Å². The van der Waals surface area contributed by atoms with E-state index in [1.807, 2.05) is 0 Å². The minimum Gasteiger partial charge on any atom is -0.482 e. The van der Waals surface area contributed by atoms with Crippen LogP contribution in [0.5, 0.6) is 5.75 Å². The van der Waals surface area contributed by atoms with Crippen LogP contribution in [0.2, 0.25) is 0 Å². The molecule has 1 N–H and O–H groups in total. The summed E-state index contributed by atoms with van der Waals surface area (Å²) in [5.41, 5.74) is 0.641. The van der Waals surface area contributed by atoms with Gasteiger partial charge < -0.3 is 10.1 Å². The van der Waals surface area contributed by atoms with Crippen molar-refractivity contribution in [2.45, 2.75) is 0 Å². The van der Waals surface area contributed by atoms with Crippen molar-refractivity contribution in [2.75, 3.05) is 11.9 Å². The molecule has 0 bridgehead atoms. The fraction of sp³-hybridized carbons (Fsp3) is 0.125. The Morgan fingerprint density at radius 3 is 3.45 bits per heavy atom. The summed E-state index contributed by atoms with van der Waals surface area (Å²) in [5, 5.41) is 2.64. The van der Waals surface area contributed by atoms with Crippen LogP contribution in [0, 0.1) is 0 Å². The number of fused-ring (bicyclic) bond motifs is 1. The molecule has 0 unspecified atom stereocenters. The number of carbonyl (C=O) groups is 1. The normalized spacial score (nSPS) is 16.0. The van der Waals surface area contributed by atoms with E-state index in [2.05, 4.69) is 5.32 Å². The molecule has 1 aromatic carbocycles. The van der Waals surface area contributed by atoms with E-state index in [-0.39, 0.29) is 12.5 Å². The molecule has 0 aromatic heterocycles. The molecule has 0 saturated carbocycles. The van der Waals surface area contributed by atoms with Crippen LogP contribution in [-0.4, -0.2) is 12.5 Å². The number of hydrogen-bond donors (Lipinski definition) is 1. The van der Waals surface area contributed by atoms with Gasteiger partial charge in [0.05, 0.1) is 7.06 Å². The topological polar surface area (TPSA) is 38.3 Å². The third kappa shape index (κ3) is 1.05. The molecule has 0 saturated heterocycles. The minimum absolute atomic E-state index is 0.0381. The molecular weight excluding hydrogens is 142 g/mol. The van der Waals surface area contributed by atoms with E-state index in [4.69, 9.17) is 6.11 Å². The smallest absolute Gasteiger partial charge is 0.262 e. The fourth-order valence-corrected chi connectivity index (χ4v) is 0.967. The monoisotopic (exact) mass is 150 g/mol. The predicted octanol–water partition coefficient (Wildman–Crippen LogP) is 1.02. The number of ether oxygens (including phenoxy) is 1. The molecule has 1 amide bonds. The molecule has 11 heavy (non-hydrogen) atoms. The average molecular weight is 150 g/mol. The Hall–Kier alpha value is -1.51. The number of nitrogens with one attached hydrogen (secondary N) is 1. The molecule has 1 aliphatic rings. The Kier molecular flexibility index (Phi) is 1.07. The first-order valence-electron chi connectivity index (χ1n) is 3.79. The zero-order chi connectivity index (χ0) is 8.55. The van der Waals surface area contributed by atoms with Crippen LogP contribution >= 0.6 is 0 Å². The zero-order valence-corrected chi connectivity index (χ0v) is 5.76. The summed E-state index contributed by atoms with van der Waals surface area (Å²) in [4.78, 5) is 10.8. The van der Waals surface area contributed by atoms with Crippen LogP contribution in [0.4, 0.5) is 5.69 Å². The maximum Gasteiger partial charge on any atom is 0.262 e. The van der Waals surface area contributed by atoms with Crippen molar-refractivity contribution in [3.05, 3.63) is 24.2 Å². The lowest BCUT2D eigenvalue weighted by Gasteiger charge is -2.16. The molecule has 56 valence electrons. The highest BCUT2D eigenvalue weighted by molar-refractivity contribution is 5.95. The van der Waals surface area contributed by atoms with E-state index in [0.717, 1.165) is 0 Å². The molecule has 1 aromatic rings. The summed E-state index contributed by atoms with van der Waals surface area (Å²) in [6, 6.07) is 5.22. The first-order chi connectivity index (χ1) is 5.75. The van der Waals surface area contributed by atoms with Gasteiger partial charge in [0.2, 0.25) is 0 Å². The van der Waals surface area contributed by atoms with Gasteiger partial charge in [-0.3, -0.25) is 4.79 Å². The van der Waals surface area contributed by atoms with Crippen LogP contribution < -0.4 is 10.1 Å². The van der Waals surface area contributed by atoms with Gasteiger partial charge in [0, 0.05) is 0 Å². The van der Waals surface area contributed by atoms with Crippen molar-refractivity contribution in [1.82, 2.24) is 0 Å². The second-order valence-corrected chi connectivity index (χ2v) is 2.26. The number of benzene rings is 1. The lowest BCUT2D eigenvalue weighted by atomic mass is 10.2. The zero-order valence-electron chi connectivity index (χ0n) is 6.76. The third-order valence-corrected chi connectivity index (χ3v) is 1.46. The molecule has 3 nitrogen and oxygen atoms in total. The maximum absolute atomic E-state index is 10.8. The first-order valence-corrected chi connectivity index (χ1v) is 3.29. The summed E-state index contributed by atoms with van der Waals surface area (Å²) in [6.45, 7) is 0.0381. The first kappa shape index (κ1) is 5.18. The molecule has 1 heterocycles. The molecule has 0 fully saturated rings. The average Bonchev–Trinajstić information content (AvgIpc) is 2.05. The van der Waals surface area contributed by atoms with Gasteiger partial charge in [0.25, 0.3) is 5.91 Å². The Labute approximate surface area is 65.4 Å². The van der Waals surface area contributed by atoms with Crippen molar-refractivity contribution in [3.8, 4) is 5.75 Å². The van der Waals surface area contributed by atoms with Gasteiger partial charge in [-0.25, -0.2) is 0 Å². The number of carbonyl (C=O) groups excluding carboxylic acids is 1. The van der Waals surface area contributed by atoms with Gasteiger partial charge in [-0.2, -0.15) is 0 Å². The summed E-state index contributed by atoms with van der Waals surface area (Å²) in [7, 11) is 0. The SMILES string of the molecule is [2H]c1ccc2c(c1)OCC(=O)N2. The largest absolute Gasteiger partial charge is 0.482 e. The van der Waals surface area contributed by atoms with Gasteiger partial charge >= 0.3 is 0 Å². The van der Waals surface area contributed by atoms with E-state index in [9.17, 15) is 4.79 Å². The van der Waals surface area contributed by atoms with Crippen LogP contribution in [0.15, 0.2) is 24.2 Å². The second-order valence-electron chi connectivity index (χ2n) is 2.26. The number of amides is 1. The molecule has 1 aliphatic heterocycles. The van der Waals surface area contributed by atoms with Crippen molar-refractivity contribution in [3.63, 3.8) is 0 Å². The maximum atomic E-state index is 10.8. The lowest BCUT2D eigenvalue weighted by Crippen LogP contribution is -2.25. The standard InChI is InChI=1S/C8H7NO2/c10-8-5-11-7-4-2-1-3-6(7)9-8/h1-4H,5H2,(H,9,10)/i2D. The van der Waals surface area contributed by atoms with Gasteiger partial charge in [0.1, 0.15) is 5.75 Å². The highest BCUT2D eigenvalue weighted by atomic mass is 16.5. The molecule has 2 rings (SSSR count). The molecule has 0 atom stereocenters. The number of hydrogen-bond acceptors (Lipinski definition) is 2.